The van der Waals surface area contributed by atoms with E-state index in [0.29, 0.717) is 5.56 Å². The molecule has 1 amide bonds. The predicted molar refractivity (Wildman–Crippen MR) is 97.7 cm³/mol. The Morgan fingerprint density at radius 3 is 2.46 bits per heavy atom. The van der Waals surface area contributed by atoms with Gasteiger partial charge in [0.15, 0.2) is 11.6 Å². The summed E-state index contributed by atoms with van der Waals surface area (Å²) in [5.74, 6) is -1.99. The van der Waals surface area contributed by atoms with Crippen LogP contribution in [0.5, 0.6) is 0 Å². The number of nitrogens with one attached hydrogen (secondary N) is 2. The van der Waals surface area contributed by atoms with Crippen LogP contribution in [0.25, 0.3) is 21.8 Å². The molecule has 5 heteroatoms. The Morgan fingerprint density at radius 2 is 1.62 bits per heavy atom. The first kappa shape index (κ1) is 16.3. The van der Waals surface area contributed by atoms with Crippen LogP contribution in [-0.2, 0) is 17.8 Å². The molecule has 0 spiro atoms. The Hall–Kier alpha value is -3.21. The average molecular weight is 350 g/mol. The first-order valence-electron chi connectivity index (χ1n) is 8.30. The average Bonchev–Trinajstić information content (AvgIpc) is 3.00. The molecule has 0 aliphatic heterocycles. The summed E-state index contributed by atoms with van der Waals surface area (Å²) < 4.78 is 26.1. The number of fused-ring (bicyclic) bond motifs is 3. The molecule has 0 saturated heterocycles. The van der Waals surface area contributed by atoms with Gasteiger partial charge in [-0.05, 0) is 35.4 Å². The van der Waals surface area contributed by atoms with Gasteiger partial charge in [0.25, 0.3) is 0 Å². The van der Waals surface area contributed by atoms with E-state index in [1.165, 1.54) is 6.07 Å². The highest BCUT2D eigenvalue weighted by atomic mass is 19.2. The molecule has 1 heterocycles. The van der Waals surface area contributed by atoms with Gasteiger partial charge in [0.05, 0.1) is 6.42 Å². The van der Waals surface area contributed by atoms with Crippen molar-refractivity contribution in [2.75, 3.05) is 0 Å². The van der Waals surface area contributed by atoms with Gasteiger partial charge in [0.2, 0.25) is 5.91 Å². The van der Waals surface area contributed by atoms with Crippen LogP contribution in [0.3, 0.4) is 0 Å². The summed E-state index contributed by atoms with van der Waals surface area (Å²) in [5, 5.41) is 5.00. The lowest BCUT2D eigenvalue weighted by molar-refractivity contribution is -0.120. The maximum absolute atomic E-state index is 13.2. The van der Waals surface area contributed by atoms with Gasteiger partial charge in [0.1, 0.15) is 0 Å². The highest BCUT2D eigenvalue weighted by Crippen LogP contribution is 2.25. The fourth-order valence-electron chi connectivity index (χ4n) is 3.11. The molecule has 0 unspecified atom stereocenters. The van der Waals surface area contributed by atoms with Gasteiger partial charge in [-0.2, -0.15) is 0 Å². The Balaban J connectivity index is 1.46. The molecular weight excluding hydrogens is 334 g/mol. The van der Waals surface area contributed by atoms with Gasteiger partial charge in [-0.15, -0.1) is 0 Å². The second-order valence-corrected chi connectivity index (χ2v) is 6.25. The molecule has 1 aromatic heterocycles. The standard InChI is InChI=1S/C21H16F2N2O/c22-17-8-6-14(9-18(17)23)12-24-21(26)11-13-5-7-16-15-3-1-2-4-19(15)25-20(16)10-13/h1-10,25H,11-12H2,(H,24,26). The van der Waals surface area contributed by atoms with E-state index in [1.54, 1.807) is 0 Å². The van der Waals surface area contributed by atoms with Crippen molar-refractivity contribution in [1.29, 1.82) is 0 Å². The van der Waals surface area contributed by atoms with Gasteiger partial charge in [-0.1, -0.05) is 36.4 Å². The largest absolute Gasteiger partial charge is 0.355 e. The van der Waals surface area contributed by atoms with Crippen molar-refractivity contribution in [3.63, 3.8) is 0 Å². The van der Waals surface area contributed by atoms with Crippen LogP contribution >= 0.6 is 0 Å². The molecule has 2 N–H and O–H groups in total. The first-order valence-corrected chi connectivity index (χ1v) is 8.30. The molecule has 0 bridgehead atoms. The Bertz CT molecular complexity index is 1120. The fraction of sp³-hybridized carbons (Fsp3) is 0.0952. The zero-order chi connectivity index (χ0) is 18.1. The third-order valence-electron chi connectivity index (χ3n) is 4.41. The number of hydrogen-bond acceptors (Lipinski definition) is 1. The molecule has 3 aromatic carbocycles. The molecule has 4 aromatic rings. The van der Waals surface area contributed by atoms with Gasteiger partial charge in [0, 0.05) is 28.4 Å². The van der Waals surface area contributed by atoms with Crippen LogP contribution in [0, 0.1) is 11.6 Å². The third kappa shape index (κ3) is 3.16. The number of aromatic amines is 1. The smallest absolute Gasteiger partial charge is 0.224 e. The van der Waals surface area contributed by atoms with Crippen molar-refractivity contribution in [3.8, 4) is 0 Å². The predicted octanol–water partition coefficient (Wildman–Crippen LogP) is 4.46. The van der Waals surface area contributed by atoms with Crippen LogP contribution in [0.4, 0.5) is 8.78 Å². The number of para-hydroxylation sites is 1. The highest BCUT2D eigenvalue weighted by Gasteiger charge is 2.08. The Labute approximate surface area is 148 Å². The summed E-state index contributed by atoms with van der Waals surface area (Å²) in [6.07, 6.45) is 0.217. The second kappa shape index (κ2) is 6.59. The number of benzene rings is 3. The number of carbonyl (C=O) groups excluding carboxylic acids is 1. The summed E-state index contributed by atoms with van der Waals surface area (Å²) in [4.78, 5) is 15.5. The molecule has 0 fully saturated rings. The minimum atomic E-state index is -0.916. The quantitative estimate of drug-likeness (QED) is 0.561. The lowest BCUT2D eigenvalue weighted by Gasteiger charge is -2.06. The normalized spacial score (nSPS) is 11.2. The van der Waals surface area contributed by atoms with Crippen LogP contribution in [0.15, 0.2) is 60.7 Å². The van der Waals surface area contributed by atoms with E-state index in [-0.39, 0.29) is 18.9 Å². The molecule has 0 aliphatic carbocycles. The van der Waals surface area contributed by atoms with Gasteiger partial charge in [-0.25, -0.2) is 8.78 Å². The SMILES string of the molecule is O=C(Cc1ccc2c(c1)[nH]c1ccccc12)NCc1ccc(F)c(F)c1. The Kier molecular flexibility index (Phi) is 4.13. The lowest BCUT2D eigenvalue weighted by atomic mass is 10.1. The number of H-pyrrole nitrogens is 1. The summed E-state index contributed by atoms with van der Waals surface area (Å²) in [6.45, 7) is 0.157. The summed E-state index contributed by atoms with van der Waals surface area (Å²) in [7, 11) is 0. The molecule has 0 aliphatic rings. The minimum absolute atomic E-state index is 0.157. The zero-order valence-corrected chi connectivity index (χ0v) is 13.9. The summed E-state index contributed by atoms with van der Waals surface area (Å²) in [6, 6.07) is 17.5. The monoisotopic (exact) mass is 350 g/mol. The van der Waals surface area contributed by atoms with Crippen molar-refractivity contribution >= 4 is 27.7 Å². The second-order valence-electron chi connectivity index (χ2n) is 6.25. The third-order valence-corrected chi connectivity index (χ3v) is 4.41. The van der Waals surface area contributed by atoms with Crippen molar-refractivity contribution in [1.82, 2.24) is 10.3 Å². The maximum atomic E-state index is 13.2. The number of amides is 1. The number of halogens is 2. The van der Waals surface area contributed by atoms with Gasteiger partial charge in [-0.3, -0.25) is 4.79 Å². The topological polar surface area (TPSA) is 44.9 Å². The highest BCUT2D eigenvalue weighted by molar-refractivity contribution is 6.07. The van der Waals surface area contributed by atoms with Gasteiger partial charge >= 0.3 is 0 Å². The van der Waals surface area contributed by atoms with Crippen LogP contribution < -0.4 is 5.32 Å². The van der Waals surface area contributed by atoms with E-state index in [1.807, 2.05) is 36.4 Å². The molecule has 0 saturated carbocycles. The first-order chi connectivity index (χ1) is 12.6. The number of rotatable bonds is 4. The van der Waals surface area contributed by atoms with Crippen molar-refractivity contribution in [2.45, 2.75) is 13.0 Å². The molecule has 130 valence electrons. The van der Waals surface area contributed by atoms with E-state index in [0.717, 1.165) is 39.5 Å². The van der Waals surface area contributed by atoms with Crippen LogP contribution in [-0.4, -0.2) is 10.9 Å². The molecule has 26 heavy (non-hydrogen) atoms. The van der Waals surface area contributed by atoms with Gasteiger partial charge < -0.3 is 10.3 Å². The molecular formula is C21H16F2N2O. The number of aromatic nitrogens is 1. The molecule has 4 rings (SSSR count). The van der Waals surface area contributed by atoms with Crippen molar-refractivity contribution < 1.29 is 13.6 Å². The van der Waals surface area contributed by atoms with E-state index in [2.05, 4.69) is 16.4 Å². The van der Waals surface area contributed by atoms with Crippen LogP contribution in [0.2, 0.25) is 0 Å². The minimum Gasteiger partial charge on any atom is -0.355 e. The number of hydrogen-bond donors (Lipinski definition) is 2. The van der Waals surface area contributed by atoms with E-state index in [4.69, 9.17) is 0 Å². The van der Waals surface area contributed by atoms with E-state index < -0.39 is 11.6 Å². The van der Waals surface area contributed by atoms with E-state index >= 15 is 0 Å². The van der Waals surface area contributed by atoms with Crippen molar-refractivity contribution in [3.05, 3.63) is 83.4 Å². The maximum Gasteiger partial charge on any atom is 0.224 e. The zero-order valence-electron chi connectivity index (χ0n) is 13.9. The van der Waals surface area contributed by atoms with Crippen molar-refractivity contribution in [2.24, 2.45) is 0 Å². The molecule has 3 nitrogen and oxygen atoms in total. The molecule has 0 radical (unpaired) electrons. The summed E-state index contributed by atoms with van der Waals surface area (Å²) >= 11 is 0. The fourth-order valence-corrected chi connectivity index (χ4v) is 3.11. The number of carbonyl (C=O) groups is 1. The lowest BCUT2D eigenvalue weighted by Crippen LogP contribution is -2.24. The summed E-state index contributed by atoms with van der Waals surface area (Å²) in [5.41, 5.74) is 3.44. The molecule has 0 atom stereocenters. The van der Waals surface area contributed by atoms with Crippen LogP contribution in [0.1, 0.15) is 11.1 Å². The Morgan fingerprint density at radius 1 is 0.846 bits per heavy atom. The van der Waals surface area contributed by atoms with E-state index in [9.17, 15) is 13.6 Å².